The van der Waals surface area contributed by atoms with Crippen molar-refractivity contribution in [2.24, 2.45) is 5.73 Å². The fourth-order valence-corrected chi connectivity index (χ4v) is 3.49. The van der Waals surface area contributed by atoms with Crippen LogP contribution in [0.5, 0.6) is 5.75 Å². The van der Waals surface area contributed by atoms with Crippen LogP contribution in [0.2, 0.25) is 5.02 Å². The second-order valence-electron chi connectivity index (χ2n) is 5.14. The Balaban J connectivity index is 2.23. The summed E-state index contributed by atoms with van der Waals surface area (Å²) in [5.41, 5.74) is 5.96. The summed E-state index contributed by atoms with van der Waals surface area (Å²) in [7, 11) is 1.54. The van der Waals surface area contributed by atoms with Crippen LogP contribution in [0, 0.1) is 0 Å². The van der Waals surface area contributed by atoms with E-state index in [0.717, 1.165) is 19.3 Å². The highest BCUT2D eigenvalue weighted by atomic mass is 79.9. The van der Waals surface area contributed by atoms with Gasteiger partial charge in [-0.3, -0.25) is 4.79 Å². The molecule has 1 amide bonds. The zero-order valence-electron chi connectivity index (χ0n) is 11.3. The molecule has 0 atom stereocenters. The van der Waals surface area contributed by atoms with Crippen LogP contribution in [-0.2, 0) is 4.79 Å². The molecule has 0 heterocycles. The molecular formula is C14H18BrClN2O2. The van der Waals surface area contributed by atoms with Crippen molar-refractivity contribution in [3.63, 3.8) is 0 Å². The van der Waals surface area contributed by atoms with Crippen LogP contribution in [-0.4, -0.2) is 18.6 Å². The molecule has 0 aromatic heterocycles. The Hall–Kier alpha value is -0.780. The molecule has 110 valence electrons. The van der Waals surface area contributed by atoms with Crippen molar-refractivity contribution >= 4 is 39.1 Å². The monoisotopic (exact) mass is 360 g/mol. The number of anilines is 1. The number of nitrogens with one attached hydrogen (secondary N) is 1. The Bertz CT molecular complexity index is 516. The van der Waals surface area contributed by atoms with E-state index >= 15 is 0 Å². The number of hydrogen-bond acceptors (Lipinski definition) is 3. The van der Waals surface area contributed by atoms with Crippen LogP contribution >= 0.6 is 27.5 Å². The molecule has 1 fully saturated rings. The Morgan fingerprint density at radius 1 is 1.40 bits per heavy atom. The Labute approximate surface area is 132 Å². The first-order valence-corrected chi connectivity index (χ1v) is 7.77. The van der Waals surface area contributed by atoms with Gasteiger partial charge < -0.3 is 15.8 Å². The first-order valence-electron chi connectivity index (χ1n) is 6.59. The molecule has 6 heteroatoms. The largest absolute Gasteiger partial charge is 0.493 e. The van der Waals surface area contributed by atoms with Crippen molar-refractivity contribution in [2.75, 3.05) is 12.4 Å². The first kappa shape index (κ1) is 15.6. The van der Waals surface area contributed by atoms with E-state index in [0.29, 0.717) is 33.8 Å². The highest BCUT2D eigenvalue weighted by Gasteiger charge is 2.35. The van der Waals surface area contributed by atoms with Gasteiger partial charge in [0.25, 0.3) is 0 Å². The second-order valence-corrected chi connectivity index (χ2v) is 6.43. The number of carbonyl (C=O) groups excluding carboxylic acids is 1. The van der Waals surface area contributed by atoms with E-state index in [1.54, 1.807) is 19.2 Å². The van der Waals surface area contributed by atoms with Crippen molar-refractivity contribution in [2.45, 2.75) is 37.6 Å². The van der Waals surface area contributed by atoms with Crippen LogP contribution in [0.4, 0.5) is 5.69 Å². The number of rotatable bonds is 3. The van der Waals surface area contributed by atoms with E-state index in [-0.39, 0.29) is 5.91 Å². The average Bonchev–Trinajstić information content (AvgIpc) is 2.39. The van der Waals surface area contributed by atoms with Gasteiger partial charge in [0.2, 0.25) is 5.91 Å². The maximum absolute atomic E-state index is 12.4. The minimum Gasteiger partial charge on any atom is -0.493 e. The number of halogens is 2. The molecule has 0 bridgehead atoms. The molecule has 1 aromatic rings. The van der Waals surface area contributed by atoms with Crippen molar-refractivity contribution < 1.29 is 9.53 Å². The molecule has 20 heavy (non-hydrogen) atoms. The fraction of sp³-hybridized carbons (Fsp3) is 0.500. The zero-order chi connectivity index (χ0) is 14.8. The third-order valence-electron chi connectivity index (χ3n) is 3.66. The van der Waals surface area contributed by atoms with Gasteiger partial charge in [-0.2, -0.15) is 0 Å². The van der Waals surface area contributed by atoms with Gasteiger partial charge in [0.15, 0.2) is 5.75 Å². The highest BCUT2D eigenvalue weighted by Crippen LogP contribution is 2.37. The number of amides is 1. The molecule has 0 aliphatic heterocycles. The molecule has 1 saturated carbocycles. The molecule has 0 spiro atoms. The summed E-state index contributed by atoms with van der Waals surface area (Å²) in [6.45, 7) is 0. The van der Waals surface area contributed by atoms with Crippen LogP contribution in [0.1, 0.15) is 32.1 Å². The summed E-state index contributed by atoms with van der Waals surface area (Å²) in [6, 6.07) is 3.38. The molecule has 1 aromatic carbocycles. The molecule has 3 N–H and O–H groups in total. The van der Waals surface area contributed by atoms with Crippen molar-refractivity contribution in [1.82, 2.24) is 0 Å². The van der Waals surface area contributed by atoms with Gasteiger partial charge in [-0.05, 0) is 40.9 Å². The van der Waals surface area contributed by atoms with Crippen molar-refractivity contribution in [1.29, 1.82) is 0 Å². The predicted molar refractivity (Wildman–Crippen MR) is 84.3 cm³/mol. The third-order valence-corrected chi connectivity index (χ3v) is 4.47. The molecule has 1 aliphatic carbocycles. The molecule has 0 unspecified atom stereocenters. The third kappa shape index (κ3) is 3.27. The minimum atomic E-state index is -0.794. The summed E-state index contributed by atoms with van der Waals surface area (Å²) in [5, 5.41) is 3.37. The van der Waals surface area contributed by atoms with E-state index in [4.69, 9.17) is 22.1 Å². The number of ether oxygens (including phenoxy) is 1. The van der Waals surface area contributed by atoms with Crippen LogP contribution in [0.25, 0.3) is 0 Å². The molecule has 0 saturated heterocycles. The Morgan fingerprint density at radius 3 is 2.65 bits per heavy atom. The van der Waals surface area contributed by atoms with E-state index in [9.17, 15) is 4.79 Å². The van der Waals surface area contributed by atoms with E-state index in [2.05, 4.69) is 21.2 Å². The summed E-state index contributed by atoms with van der Waals surface area (Å²) < 4.78 is 5.98. The average molecular weight is 362 g/mol. The fourth-order valence-electron chi connectivity index (χ4n) is 2.52. The lowest BCUT2D eigenvalue weighted by Gasteiger charge is -2.32. The Morgan fingerprint density at radius 2 is 2.05 bits per heavy atom. The molecular weight excluding hydrogens is 344 g/mol. The van der Waals surface area contributed by atoms with Gasteiger partial charge in [0, 0.05) is 5.02 Å². The van der Waals surface area contributed by atoms with Crippen LogP contribution in [0.15, 0.2) is 16.6 Å². The number of benzene rings is 1. The van der Waals surface area contributed by atoms with E-state index in [1.165, 1.54) is 0 Å². The molecule has 2 rings (SSSR count). The zero-order valence-corrected chi connectivity index (χ0v) is 13.7. The Kier molecular flexibility index (Phi) is 4.94. The van der Waals surface area contributed by atoms with Gasteiger partial charge in [0.1, 0.15) is 0 Å². The van der Waals surface area contributed by atoms with Crippen LogP contribution < -0.4 is 15.8 Å². The summed E-state index contributed by atoms with van der Waals surface area (Å²) in [5.74, 6) is 0.367. The maximum Gasteiger partial charge on any atom is 0.244 e. The van der Waals surface area contributed by atoms with Crippen molar-refractivity contribution in [3.8, 4) is 5.75 Å². The topological polar surface area (TPSA) is 64.3 Å². The lowest BCUT2D eigenvalue weighted by molar-refractivity contribution is -0.122. The van der Waals surface area contributed by atoms with E-state index in [1.807, 2.05) is 0 Å². The number of methoxy groups -OCH3 is 1. The predicted octanol–water partition coefficient (Wildman–Crippen LogP) is 3.71. The second kappa shape index (κ2) is 6.33. The summed E-state index contributed by atoms with van der Waals surface area (Å²) in [4.78, 5) is 12.4. The van der Waals surface area contributed by atoms with Gasteiger partial charge in [-0.25, -0.2) is 0 Å². The van der Waals surface area contributed by atoms with Gasteiger partial charge in [-0.15, -0.1) is 0 Å². The lowest BCUT2D eigenvalue weighted by atomic mass is 9.82. The number of hydrogen-bond donors (Lipinski definition) is 2. The SMILES string of the molecule is COc1c(Br)cc(Cl)cc1NC(=O)C1(N)CCCCC1. The molecule has 1 aliphatic rings. The number of nitrogens with two attached hydrogens (primary N) is 1. The van der Waals surface area contributed by atoms with Crippen LogP contribution in [0.3, 0.4) is 0 Å². The molecule has 0 radical (unpaired) electrons. The van der Waals surface area contributed by atoms with Gasteiger partial charge in [-0.1, -0.05) is 30.9 Å². The summed E-state index contributed by atoms with van der Waals surface area (Å²) >= 11 is 9.38. The highest BCUT2D eigenvalue weighted by molar-refractivity contribution is 9.10. The minimum absolute atomic E-state index is 0.176. The number of carbonyl (C=O) groups is 1. The first-order chi connectivity index (χ1) is 9.46. The van der Waals surface area contributed by atoms with Gasteiger partial charge in [0.05, 0.1) is 22.8 Å². The summed E-state index contributed by atoms with van der Waals surface area (Å²) in [6.07, 6.45) is 4.53. The standard InChI is InChI=1S/C14H18BrClN2O2/c1-20-12-10(15)7-9(16)8-11(12)18-13(19)14(17)5-3-2-4-6-14/h7-8H,2-6,17H2,1H3,(H,18,19). The molecule has 4 nitrogen and oxygen atoms in total. The van der Waals surface area contributed by atoms with Gasteiger partial charge >= 0.3 is 0 Å². The normalized spacial score (nSPS) is 17.6. The maximum atomic E-state index is 12.4. The smallest absolute Gasteiger partial charge is 0.244 e. The quantitative estimate of drug-likeness (QED) is 0.862. The van der Waals surface area contributed by atoms with Crippen molar-refractivity contribution in [3.05, 3.63) is 21.6 Å². The lowest BCUT2D eigenvalue weighted by Crippen LogP contribution is -2.52. The van der Waals surface area contributed by atoms with E-state index < -0.39 is 5.54 Å².